The first kappa shape index (κ1) is 20.4. The molecule has 0 nitrogen and oxygen atoms in total. The standard InChI is InChI=1S/C7H9.C5H5.2ClH.Ti/c1-2-7-5-3-4-6-7;1-2-4-5-3-1;;;/h3-6H,2H2,1H3;1-5H;2*1H;/q2*-1;;;+4/p-2. The molecule has 0 saturated carbocycles. The first-order chi connectivity index (χ1) is 5.93. The van der Waals surface area contributed by atoms with Crippen LogP contribution < -0.4 is 24.8 Å². The van der Waals surface area contributed by atoms with E-state index < -0.39 is 0 Å². The molecule has 0 atom stereocenters. The van der Waals surface area contributed by atoms with Crippen molar-refractivity contribution in [3.63, 3.8) is 0 Å². The first-order valence-corrected chi connectivity index (χ1v) is 4.30. The van der Waals surface area contributed by atoms with Crippen molar-refractivity contribution < 1.29 is 46.5 Å². The van der Waals surface area contributed by atoms with Crippen molar-refractivity contribution in [3.8, 4) is 0 Å². The number of aryl methyl sites for hydroxylation is 1. The zero-order chi connectivity index (χ0) is 8.65. The third-order valence-electron chi connectivity index (χ3n) is 1.70. The summed E-state index contributed by atoms with van der Waals surface area (Å²) in [5, 5.41) is 0. The Morgan fingerprint density at radius 3 is 1.80 bits per heavy atom. The van der Waals surface area contributed by atoms with Gasteiger partial charge in [0.2, 0.25) is 0 Å². The molecule has 0 fully saturated rings. The number of rotatable bonds is 1. The van der Waals surface area contributed by atoms with Crippen LogP contribution in [0.5, 0.6) is 0 Å². The van der Waals surface area contributed by atoms with Crippen molar-refractivity contribution >= 4 is 0 Å². The summed E-state index contributed by atoms with van der Waals surface area (Å²) in [7, 11) is 0. The van der Waals surface area contributed by atoms with Crippen LogP contribution in [0, 0.1) is 0 Å². The van der Waals surface area contributed by atoms with Crippen LogP contribution in [0.25, 0.3) is 0 Å². The molecule has 0 heterocycles. The topological polar surface area (TPSA) is 0 Å². The minimum atomic E-state index is 0. The maximum atomic E-state index is 2.16. The molecule has 0 N–H and O–H groups in total. The van der Waals surface area contributed by atoms with Crippen LogP contribution in [0.2, 0.25) is 0 Å². The van der Waals surface area contributed by atoms with Gasteiger partial charge in [0.1, 0.15) is 0 Å². The normalized spacial score (nSPS) is 7.00. The Morgan fingerprint density at radius 2 is 1.60 bits per heavy atom. The van der Waals surface area contributed by atoms with Gasteiger partial charge in [0.05, 0.1) is 0 Å². The molecular formula is C12H14Cl2Ti. The van der Waals surface area contributed by atoms with Crippen molar-refractivity contribution in [1.82, 2.24) is 0 Å². The molecule has 2 aromatic rings. The average Bonchev–Trinajstić information content (AvgIpc) is 2.81. The predicted molar refractivity (Wildman–Crippen MR) is 53.4 cm³/mol. The molecule has 80 valence electrons. The fourth-order valence-electron chi connectivity index (χ4n) is 0.970. The number of hydrogen-bond donors (Lipinski definition) is 0. The number of halogens is 2. The smallest absolute Gasteiger partial charge is 1.00 e. The third kappa shape index (κ3) is 10.3. The third-order valence-corrected chi connectivity index (χ3v) is 1.70. The summed E-state index contributed by atoms with van der Waals surface area (Å²) in [6.45, 7) is 2.16. The van der Waals surface area contributed by atoms with Crippen molar-refractivity contribution in [2.45, 2.75) is 13.3 Å². The molecule has 3 heteroatoms. The van der Waals surface area contributed by atoms with E-state index in [1.807, 2.05) is 30.3 Å². The summed E-state index contributed by atoms with van der Waals surface area (Å²) in [4.78, 5) is 0. The van der Waals surface area contributed by atoms with E-state index in [1.54, 1.807) is 0 Å². The second kappa shape index (κ2) is 14.0. The molecular weight excluding hydrogens is 263 g/mol. The molecule has 0 aliphatic heterocycles. The van der Waals surface area contributed by atoms with E-state index in [2.05, 4.69) is 31.2 Å². The average molecular weight is 277 g/mol. The first-order valence-electron chi connectivity index (χ1n) is 4.30. The summed E-state index contributed by atoms with van der Waals surface area (Å²) in [6, 6.07) is 18.4. The van der Waals surface area contributed by atoms with Crippen LogP contribution in [0.4, 0.5) is 0 Å². The van der Waals surface area contributed by atoms with Gasteiger partial charge in [-0.2, -0.15) is 42.0 Å². The van der Waals surface area contributed by atoms with Crippen molar-refractivity contribution in [3.05, 3.63) is 60.2 Å². The quantitative estimate of drug-likeness (QED) is 0.395. The zero-order valence-electron chi connectivity index (χ0n) is 8.66. The summed E-state index contributed by atoms with van der Waals surface area (Å²) >= 11 is 0. The van der Waals surface area contributed by atoms with E-state index in [-0.39, 0.29) is 46.5 Å². The Labute approximate surface area is 120 Å². The van der Waals surface area contributed by atoms with Gasteiger partial charge in [-0.15, -0.1) is 0 Å². The van der Waals surface area contributed by atoms with E-state index in [9.17, 15) is 0 Å². The molecule has 0 aromatic heterocycles. The minimum absolute atomic E-state index is 0. The van der Waals surface area contributed by atoms with Crippen LogP contribution in [0.15, 0.2) is 54.6 Å². The maximum Gasteiger partial charge on any atom is 4.00 e. The molecule has 0 bridgehead atoms. The molecule has 0 radical (unpaired) electrons. The van der Waals surface area contributed by atoms with Gasteiger partial charge >= 0.3 is 21.7 Å². The molecule has 2 aromatic carbocycles. The Balaban J connectivity index is -0.000000165. The minimum Gasteiger partial charge on any atom is -1.00 e. The van der Waals surface area contributed by atoms with Gasteiger partial charge in [-0.05, 0) is 0 Å². The van der Waals surface area contributed by atoms with E-state index in [1.165, 1.54) is 5.56 Å². The SMILES string of the molecule is CCc1cc[cH-]c1.[Cl-].[Cl-].[Ti+4].c1cc[cH-]c1. The van der Waals surface area contributed by atoms with Crippen molar-refractivity contribution in [2.24, 2.45) is 0 Å². The van der Waals surface area contributed by atoms with Crippen molar-refractivity contribution in [2.75, 3.05) is 0 Å². The molecule has 0 saturated heterocycles. The van der Waals surface area contributed by atoms with Gasteiger partial charge in [-0.1, -0.05) is 13.3 Å². The van der Waals surface area contributed by atoms with E-state index in [0.717, 1.165) is 6.42 Å². The van der Waals surface area contributed by atoms with Crippen LogP contribution in [0.1, 0.15) is 12.5 Å². The zero-order valence-corrected chi connectivity index (χ0v) is 11.7. The Bertz CT molecular complexity index is 244. The molecule has 0 spiro atoms. The summed E-state index contributed by atoms with van der Waals surface area (Å²) in [5.74, 6) is 0. The molecule has 0 aliphatic rings. The Hall–Kier alpha value is -0.00571. The van der Waals surface area contributed by atoms with Gasteiger partial charge in [0, 0.05) is 0 Å². The van der Waals surface area contributed by atoms with E-state index >= 15 is 0 Å². The maximum absolute atomic E-state index is 2.16. The van der Waals surface area contributed by atoms with Crippen LogP contribution >= 0.6 is 0 Å². The summed E-state index contributed by atoms with van der Waals surface area (Å²) < 4.78 is 0. The Morgan fingerprint density at radius 1 is 1.00 bits per heavy atom. The van der Waals surface area contributed by atoms with Gasteiger partial charge in [-0.25, -0.2) is 18.2 Å². The van der Waals surface area contributed by atoms with Gasteiger partial charge in [0.15, 0.2) is 0 Å². The molecule has 0 aliphatic carbocycles. The van der Waals surface area contributed by atoms with E-state index in [4.69, 9.17) is 0 Å². The van der Waals surface area contributed by atoms with Crippen LogP contribution in [-0.4, -0.2) is 0 Å². The van der Waals surface area contributed by atoms with E-state index in [0.29, 0.717) is 0 Å². The second-order valence-electron chi connectivity index (χ2n) is 2.61. The van der Waals surface area contributed by atoms with Crippen LogP contribution in [0.3, 0.4) is 0 Å². The molecule has 0 unspecified atom stereocenters. The summed E-state index contributed by atoms with van der Waals surface area (Å²) in [6.07, 6.45) is 1.16. The second-order valence-corrected chi connectivity index (χ2v) is 2.61. The summed E-state index contributed by atoms with van der Waals surface area (Å²) in [5.41, 5.74) is 1.43. The molecule has 2 rings (SSSR count). The van der Waals surface area contributed by atoms with Gasteiger partial charge < -0.3 is 24.8 Å². The number of hydrogen-bond acceptors (Lipinski definition) is 0. The fourth-order valence-corrected chi connectivity index (χ4v) is 0.970. The van der Waals surface area contributed by atoms with Gasteiger partial charge in [-0.3, -0.25) is 0 Å². The molecule has 15 heavy (non-hydrogen) atoms. The Kier molecular flexibility index (Phi) is 19.0. The van der Waals surface area contributed by atoms with Crippen molar-refractivity contribution in [1.29, 1.82) is 0 Å². The molecule has 0 amide bonds. The largest absolute Gasteiger partial charge is 4.00 e. The monoisotopic (exact) mass is 276 g/mol. The predicted octanol–water partition coefficient (Wildman–Crippen LogP) is -2.62. The van der Waals surface area contributed by atoms with Crippen LogP contribution in [-0.2, 0) is 28.1 Å². The fraction of sp³-hybridized carbons (Fsp3) is 0.167. The van der Waals surface area contributed by atoms with Gasteiger partial charge in [0.25, 0.3) is 0 Å².